The number of pyridine rings is 1. The average Bonchev–Trinajstić information content (AvgIpc) is 2.83. The SMILES string of the molecule is CCOc1cccc(C(Nc2ccc(C#N)nc2)C(=O)NCc2cc(NC(C)=O)ccc2S)c1. The van der Waals surface area contributed by atoms with Crippen molar-refractivity contribution in [2.45, 2.75) is 31.3 Å². The lowest BCUT2D eigenvalue weighted by atomic mass is 10.0. The Kier molecular flexibility index (Phi) is 8.48. The summed E-state index contributed by atoms with van der Waals surface area (Å²) in [7, 11) is 0. The molecule has 0 aliphatic heterocycles. The molecule has 0 fully saturated rings. The van der Waals surface area contributed by atoms with Crippen molar-refractivity contribution in [3.63, 3.8) is 0 Å². The first-order chi connectivity index (χ1) is 16.4. The quantitative estimate of drug-likeness (QED) is 0.347. The van der Waals surface area contributed by atoms with Gasteiger partial charge in [0.2, 0.25) is 11.8 Å². The highest BCUT2D eigenvalue weighted by Gasteiger charge is 2.21. The fourth-order valence-corrected chi connectivity index (χ4v) is 3.47. The summed E-state index contributed by atoms with van der Waals surface area (Å²) in [6.07, 6.45) is 1.51. The van der Waals surface area contributed by atoms with Crippen LogP contribution in [0.5, 0.6) is 5.75 Å². The smallest absolute Gasteiger partial charge is 0.247 e. The second-order valence-electron chi connectivity index (χ2n) is 7.37. The molecule has 2 aromatic carbocycles. The summed E-state index contributed by atoms with van der Waals surface area (Å²) in [5.41, 5.74) is 2.95. The van der Waals surface area contributed by atoms with Gasteiger partial charge in [-0.25, -0.2) is 4.98 Å². The molecule has 0 saturated carbocycles. The Morgan fingerprint density at radius 1 is 1.15 bits per heavy atom. The number of ether oxygens (including phenoxy) is 1. The number of benzene rings is 2. The molecule has 8 nitrogen and oxygen atoms in total. The van der Waals surface area contributed by atoms with Crippen LogP contribution in [0.2, 0.25) is 0 Å². The van der Waals surface area contributed by atoms with Gasteiger partial charge in [-0.2, -0.15) is 5.26 Å². The molecule has 0 radical (unpaired) electrons. The summed E-state index contributed by atoms with van der Waals surface area (Å²) < 4.78 is 5.59. The second kappa shape index (κ2) is 11.7. The van der Waals surface area contributed by atoms with Crippen molar-refractivity contribution in [2.75, 3.05) is 17.2 Å². The van der Waals surface area contributed by atoms with Crippen LogP contribution in [-0.2, 0) is 16.1 Å². The van der Waals surface area contributed by atoms with Gasteiger partial charge in [0, 0.05) is 24.1 Å². The largest absolute Gasteiger partial charge is 0.494 e. The zero-order valence-electron chi connectivity index (χ0n) is 18.8. The Labute approximate surface area is 203 Å². The third-order valence-corrected chi connectivity index (χ3v) is 5.24. The number of nitrogens with zero attached hydrogens (tertiary/aromatic N) is 2. The Bertz CT molecular complexity index is 1210. The highest BCUT2D eigenvalue weighted by molar-refractivity contribution is 7.80. The van der Waals surface area contributed by atoms with E-state index in [0.717, 1.165) is 5.56 Å². The topological polar surface area (TPSA) is 116 Å². The zero-order valence-corrected chi connectivity index (χ0v) is 19.7. The third-order valence-electron chi connectivity index (χ3n) is 4.81. The summed E-state index contributed by atoms with van der Waals surface area (Å²) >= 11 is 4.46. The lowest BCUT2D eigenvalue weighted by Crippen LogP contribution is -2.33. The van der Waals surface area contributed by atoms with Crippen LogP contribution in [0, 0.1) is 11.3 Å². The average molecular weight is 476 g/mol. The molecule has 1 heterocycles. The van der Waals surface area contributed by atoms with Crippen molar-refractivity contribution in [2.24, 2.45) is 0 Å². The fraction of sp³-hybridized carbons (Fsp3) is 0.200. The molecular formula is C25H25N5O3S. The normalized spacial score (nSPS) is 11.1. The van der Waals surface area contributed by atoms with Crippen LogP contribution < -0.4 is 20.7 Å². The van der Waals surface area contributed by atoms with Gasteiger partial charge in [0.25, 0.3) is 0 Å². The van der Waals surface area contributed by atoms with Gasteiger partial charge in [-0.05, 0) is 60.5 Å². The van der Waals surface area contributed by atoms with Gasteiger partial charge in [-0.15, -0.1) is 12.6 Å². The van der Waals surface area contributed by atoms with Gasteiger partial charge in [0.15, 0.2) is 0 Å². The van der Waals surface area contributed by atoms with Gasteiger partial charge in [0.1, 0.15) is 23.6 Å². The summed E-state index contributed by atoms with van der Waals surface area (Å²) in [6, 6.07) is 17.1. The number of nitriles is 1. The van der Waals surface area contributed by atoms with Crippen LogP contribution in [0.15, 0.2) is 65.7 Å². The molecule has 3 aromatic rings. The van der Waals surface area contributed by atoms with E-state index in [1.807, 2.05) is 31.2 Å². The number of nitrogens with one attached hydrogen (secondary N) is 3. The number of rotatable bonds is 9. The maximum absolute atomic E-state index is 13.3. The lowest BCUT2D eigenvalue weighted by Gasteiger charge is -2.21. The molecule has 3 rings (SSSR count). The summed E-state index contributed by atoms with van der Waals surface area (Å²) in [6.45, 7) is 4.03. The molecule has 0 bridgehead atoms. The maximum atomic E-state index is 13.3. The molecule has 0 aliphatic rings. The number of carbonyl (C=O) groups excluding carboxylic acids is 2. The molecule has 3 N–H and O–H groups in total. The van der Waals surface area contributed by atoms with Crippen molar-refractivity contribution in [1.29, 1.82) is 5.26 Å². The third kappa shape index (κ3) is 6.73. The van der Waals surface area contributed by atoms with E-state index < -0.39 is 6.04 Å². The predicted octanol–water partition coefficient (Wildman–Crippen LogP) is 4.07. The van der Waals surface area contributed by atoms with Crippen LogP contribution >= 0.6 is 12.6 Å². The molecule has 174 valence electrons. The van der Waals surface area contributed by atoms with Crippen molar-refractivity contribution < 1.29 is 14.3 Å². The van der Waals surface area contributed by atoms with Crippen LogP contribution in [0.3, 0.4) is 0 Å². The molecule has 1 atom stereocenters. The van der Waals surface area contributed by atoms with Gasteiger partial charge in [0.05, 0.1) is 18.5 Å². The second-order valence-corrected chi connectivity index (χ2v) is 7.85. The minimum atomic E-state index is -0.753. The van der Waals surface area contributed by atoms with E-state index in [4.69, 9.17) is 10.00 Å². The number of amides is 2. The number of thiol groups is 1. The Morgan fingerprint density at radius 2 is 1.94 bits per heavy atom. The van der Waals surface area contributed by atoms with Crippen molar-refractivity contribution in [3.05, 3.63) is 77.6 Å². The van der Waals surface area contributed by atoms with Crippen LogP contribution in [-0.4, -0.2) is 23.4 Å². The Balaban J connectivity index is 1.83. The van der Waals surface area contributed by atoms with Gasteiger partial charge >= 0.3 is 0 Å². The van der Waals surface area contributed by atoms with E-state index in [1.54, 1.807) is 36.4 Å². The van der Waals surface area contributed by atoms with Crippen molar-refractivity contribution >= 4 is 35.8 Å². The summed E-state index contributed by atoms with van der Waals surface area (Å²) in [4.78, 5) is 29.4. The maximum Gasteiger partial charge on any atom is 0.247 e. The highest BCUT2D eigenvalue weighted by atomic mass is 32.1. The van der Waals surface area contributed by atoms with Crippen LogP contribution in [0.1, 0.15) is 36.7 Å². The van der Waals surface area contributed by atoms with Crippen molar-refractivity contribution in [3.8, 4) is 11.8 Å². The molecule has 34 heavy (non-hydrogen) atoms. The fourth-order valence-electron chi connectivity index (χ4n) is 3.26. The molecule has 0 aliphatic carbocycles. The molecular weight excluding hydrogens is 450 g/mol. The minimum Gasteiger partial charge on any atom is -0.494 e. The first kappa shape index (κ1) is 24.6. The van der Waals surface area contributed by atoms with E-state index in [1.165, 1.54) is 13.1 Å². The van der Waals surface area contributed by atoms with E-state index in [-0.39, 0.29) is 24.1 Å². The summed E-state index contributed by atoms with van der Waals surface area (Å²) in [5, 5.41) is 17.8. The molecule has 1 aromatic heterocycles. The van der Waals surface area contributed by atoms with Crippen molar-refractivity contribution in [1.82, 2.24) is 10.3 Å². The minimum absolute atomic E-state index is 0.184. The molecule has 0 spiro atoms. The number of hydrogen-bond acceptors (Lipinski definition) is 7. The Hall–Kier alpha value is -4.03. The van der Waals surface area contributed by atoms with Gasteiger partial charge < -0.3 is 20.7 Å². The van der Waals surface area contributed by atoms with E-state index in [0.29, 0.717) is 34.2 Å². The first-order valence-electron chi connectivity index (χ1n) is 10.6. The molecule has 9 heteroatoms. The molecule has 1 unspecified atom stereocenters. The summed E-state index contributed by atoms with van der Waals surface area (Å²) in [5.74, 6) is 0.185. The monoisotopic (exact) mass is 475 g/mol. The van der Waals surface area contributed by atoms with Gasteiger partial charge in [-0.3, -0.25) is 9.59 Å². The highest BCUT2D eigenvalue weighted by Crippen LogP contribution is 2.25. The van der Waals surface area contributed by atoms with E-state index in [2.05, 4.69) is 33.6 Å². The number of hydrogen-bond donors (Lipinski definition) is 4. The van der Waals surface area contributed by atoms with Crippen LogP contribution in [0.25, 0.3) is 0 Å². The van der Waals surface area contributed by atoms with Gasteiger partial charge in [-0.1, -0.05) is 12.1 Å². The number of anilines is 2. The molecule has 0 saturated heterocycles. The zero-order chi connectivity index (χ0) is 24.5. The molecule has 2 amide bonds. The predicted molar refractivity (Wildman–Crippen MR) is 133 cm³/mol. The lowest BCUT2D eigenvalue weighted by molar-refractivity contribution is -0.122. The van der Waals surface area contributed by atoms with E-state index >= 15 is 0 Å². The standard InChI is InChI=1S/C25H25N5O3S/c1-3-33-22-6-4-5-17(12-22)24(30-21-8-7-20(13-26)27-15-21)25(32)28-14-18-11-19(29-16(2)31)9-10-23(18)34/h4-12,15,24,30,34H,3,14H2,1-2H3,(H,28,32)(H,29,31). The number of carbonyl (C=O) groups is 2. The van der Waals surface area contributed by atoms with Crippen LogP contribution in [0.4, 0.5) is 11.4 Å². The van der Waals surface area contributed by atoms with E-state index in [9.17, 15) is 9.59 Å². The Morgan fingerprint density at radius 3 is 2.62 bits per heavy atom. The number of aromatic nitrogens is 1. The first-order valence-corrected chi connectivity index (χ1v) is 11.1.